The molecule has 0 aromatic rings. The SMILES string of the molecule is C=C(CBr)C(C)N(C)C(=O)OC(C)(C)C. The third kappa shape index (κ3) is 5.21. The molecule has 88 valence electrons. The Morgan fingerprint density at radius 1 is 1.53 bits per heavy atom. The minimum atomic E-state index is -0.458. The molecule has 0 aromatic heterocycles. The lowest BCUT2D eigenvalue weighted by molar-refractivity contribution is 0.0260. The lowest BCUT2D eigenvalue weighted by Gasteiger charge is -2.29. The Bertz CT molecular complexity index is 245. The minimum Gasteiger partial charge on any atom is -0.444 e. The van der Waals surface area contributed by atoms with Gasteiger partial charge in [0.1, 0.15) is 5.60 Å². The van der Waals surface area contributed by atoms with Crippen molar-refractivity contribution in [2.24, 2.45) is 0 Å². The van der Waals surface area contributed by atoms with E-state index < -0.39 is 5.60 Å². The summed E-state index contributed by atoms with van der Waals surface area (Å²) >= 11 is 3.32. The van der Waals surface area contributed by atoms with Crippen LogP contribution in [0, 0.1) is 0 Å². The Kier molecular flexibility index (Phi) is 5.35. The number of ether oxygens (including phenoxy) is 1. The summed E-state index contributed by atoms with van der Waals surface area (Å²) in [5.74, 6) is 0. The average Bonchev–Trinajstić information content (AvgIpc) is 2.11. The first kappa shape index (κ1) is 14.5. The van der Waals surface area contributed by atoms with E-state index in [1.165, 1.54) is 0 Å². The van der Waals surface area contributed by atoms with Crippen molar-refractivity contribution in [1.82, 2.24) is 4.90 Å². The van der Waals surface area contributed by atoms with E-state index >= 15 is 0 Å². The van der Waals surface area contributed by atoms with E-state index in [1.807, 2.05) is 27.7 Å². The van der Waals surface area contributed by atoms with Crippen molar-refractivity contribution < 1.29 is 9.53 Å². The topological polar surface area (TPSA) is 29.5 Å². The van der Waals surface area contributed by atoms with E-state index in [0.717, 1.165) is 5.57 Å². The lowest BCUT2D eigenvalue weighted by atomic mass is 10.1. The lowest BCUT2D eigenvalue weighted by Crippen LogP contribution is -2.40. The molecule has 3 nitrogen and oxygen atoms in total. The number of halogens is 1. The maximum absolute atomic E-state index is 11.7. The summed E-state index contributed by atoms with van der Waals surface area (Å²) in [6, 6.07) is -0.0285. The normalized spacial score (nSPS) is 13.2. The summed E-state index contributed by atoms with van der Waals surface area (Å²) in [4.78, 5) is 13.2. The van der Waals surface area contributed by atoms with Crippen LogP contribution in [0.2, 0.25) is 0 Å². The van der Waals surface area contributed by atoms with Gasteiger partial charge >= 0.3 is 6.09 Å². The van der Waals surface area contributed by atoms with Crippen molar-refractivity contribution in [2.75, 3.05) is 12.4 Å². The van der Waals surface area contributed by atoms with Crippen molar-refractivity contribution in [3.05, 3.63) is 12.2 Å². The van der Waals surface area contributed by atoms with Crippen LogP contribution in [-0.4, -0.2) is 35.0 Å². The molecule has 0 fully saturated rings. The van der Waals surface area contributed by atoms with Crippen molar-refractivity contribution >= 4 is 22.0 Å². The number of amides is 1. The van der Waals surface area contributed by atoms with Gasteiger partial charge in [0.15, 0.2) is 0 Å². The number of rotatable bonds is 3. The molecule has 0 saturated carbocycles. The molecule has 0 aromatic carbocycles. The van der Waals surface area contributed by atoms with Crippen molar-refractivity contribution in [2.45, 2.75) is 39.3 Å². The summed E-state index contributed by atoms with van der Waals surface area (Å²) in [5, 5.41) is 0.682. The van der Waals surface area contributed by atoms with Crippen molar-refractivity contribution in [3.8, 4) is 0 Å². The first-order valence-corrected chi connectivity index (χ1v) is 6.00. The Labute approximate surface area is 101 Å². The predicted molar refractivity (Wildman–Crippen MR) is 66.4 cm³/mol. The fraction of sp³-hybridized carbons (Fsp3) is 0.727. The molecule has 0 aliphatic heterocycles. The highest BCUT2D eigenvalue weighted by Crippen LogP contribution is 2.14. The maximum Gasteiger partial charge on any atom is 0.410 e. The summed E-state index contributed by atoms with van der Waals surface area (Å²) in [6.07, 6.45) is -0.322. The number of nitrogens with zero attached hydrogens (tertiary/aromatic N) is 1. The molecule has 0 radical (unpaired) electrons. The minimum absolute atomic E-state index is 0.0285. The number of likely N-dealkylation sites (N-methyl/N-ethyl adjacent to an activating group) is 1. The maximum atomic E-state index is 11.7. The number of carbonyl (C=O) groups is 1. The van der Waals surface area contributed by atoms with Gasteiger partial charge in [0, 0.05) is 12.4 Å². The molecule has 0 aliphatic rings. The zero-order chi connectivity index (χ0) is 12.2. The highest BCUT2D eigenvalue weighted by molar-refractivity contribution is 9.09. The van der Waals surface area contributed by atoms with Gasteiger partial charge in [0.2, 0.25) is 0 Å². The quantitative estimate of drug-likeness (QED) is 0.586. The van der Waals surface area contributed by atoms with Crippen LogP contribution in [-0.2, 0) is 4.74 Å². The van der Waals surface area contributed by atoms with Crippen LogP contribution in [0.4, 0.5) is 4.79 Å². The zero-order valence-electron chi connectivity index (χ0n) is 10.1. The van der Waals surface area contributed by atoms with E-state index in [2.05, 4.69) is 22.5 Å². The van der Waals surface area contributed by atoms with Crippen LogP contribution in [0.5, 0.6) is 0 Å². The van der Waals surface area contributed by atoms with Gasteiger partial charge in [-0.25, -0.2) is 4.79 Å². The molecule has 15 heavy (non-hydrogen) atoms. The largest absolute Gasteiger partial charge is 0.444 e. The second kappa shape index (κ2) is 5.54. The summed E-state index contributed by atoms with van der Waals surface area (Å²) in [6.45, 7) is 11.4. The van der Waals surface area contributed by atoms with Gasteiger partial charge < -0.3 is 9.64 Å². The summed E-state index contributed by atoms with van der Waals surface area (Å²) < 4.78 is 5.25. The predicted octanol–water partition coefficient (Wildman–Crippen LogP) is 3.19. The Balaban J connectivity index is 4.39. The number of carbonyl (C=O) groups excluding carboxylic acids is 1. The standard InChI is InChI=1S/C11H20BrNO2/c1-8(7-12)9(2)13(6)10(14)15-11(3,4)5/h9H,1,7H2,2-6H3. The smallest absolute Gasteiger partial charge is 0.410 e. The van der Waals surface area contributed by atoms with Gasteiger partial charge in [0.05, 0.1) is 6.04 Å². The van der Waals surface area contributed by atoms with Gasteiger partial charge in [-0.15, -0.1) is 0 Å². The molecule has 0 rings (SSSR count). The fourth-order valence-corrected chi connectivity index (χ4v) is 1.35. The molecule has 1 amide bonds. The number of alkyl halides is 1. The molecule has 1 atom stereocenters. The highest BCUT2D eigenvalue weighted by atomic mass is 79.9. The number of hydrogen-bond donors (Lipinski definition) is 0. The van der Waals surface area contributed by atoms with E-state index in [4.69, 9.17) is 4.74 Å². The van der Waals surface area contributed by atoms with E-state index in [1.54, 1.807) is 11.9 Å². The molecule has 0 saturated heterocycles. The first-order valence-electron chi connectivity index (χ1n) is 4.88. The van der Waals surface area contributed by atoms with Gasteiger partial charge in [-0.3, -0.25) is 0 Å². The molecule has 1 unspecified atom stereocenters. The Hall–Kier alpha value is -0.510. The summed E-state index contributed by atoms with van der Waals surface area (Å²) in [7, 11) is 1.71. The van der Waals surface area contributed by atoms with Crippen molar-refractivity contribution in [3.63, 3.8) is 0 Å². The number of hydrogen-bond acceptors (Lipinski definition) is 2. The second-order valence-corrected chi connectivity index (χ2v) is 5.12. The first-order chi connectivity index (χ1) is 6.69. The van der Waals surface area contributed by atoms with Crippen LogP contribution in [0.25, 0.3) is 0 Å². The van der Waals surface area contributed by atoms with Crippen LogP contribution in [0.1, 0.15) is 27.7 Å². The molecular formula is C11H20BrNO2. The molecule has 4 heteroatoms. The molecule has 0 N–H and O–H groups in total. The molecular weight excluding hydrogens is 258 g/mol. The van der Waals surface area contributed by atoms with Gasteiger partial charge in [-0.1, -0.05) is 22.5 Å². The third-order valence-corrected chi connectivity index (χ3v) is 2.75. The van der Waals surface area contributed by atoms with Gasteiger partial charge in [0.25, 0.3) is 0 Å². The van der Waals surface area contributed by atoms with Gasteiger partial charge in [-0.2, -0.15) is 0 Å². The fourth-order valence-electron chi connectivity index (χ4n) is 0.878. The Morgan fingerprint density at radius 2 is 2.00 bits per heavy atom. The average molecular weight is 278 g/mol. The zero-order valence-corrected chi connectivity index (χ0v) is 11.7. The van der Waals surface area contributed by atoms with E-state index in [0.29, 0.717) is 5.33 Å². The van der Waals surface area contributed by atoms with Crippen LogP contribution in [0.3, 0.4) is 0 Å². The van der Waals surface area contributed by atoms with E-state index in [-0.39, 0.29) is 12.1 Å². The Morgan fingerprint density at radius 3 is 2.33 bits per heavy atom. The molecule has 0 aliphatic carbocycles. The van der Waals surface area contributed by atoms with E-state index in [9.17, 15) is 4.79 Å². The van der Waals surface area contributed by atoms with Crippen molar-refractivity contribution in [1.29, 1.82) is 0 Å². The van der Waals surface area contributed by atoms with Gasteiger partial charge in [-0.05, 0) is 33.3 Å². The molecule has 0 heterocycles. The monoisotopic (exact) mass is 277 g/mol. The molecule has 0 spiro atoms. The second-order valence-electron chi connectivity index (χ2n) is 4.56. The van der Waals surface area contributed by atoms with Crippen LogP contribution >= 0.6 is 15.9 Å². The van der Waals surface area contributed by atoms with Crippen LogP contribution in [0.15, 0.2) is 12.2 Å². The third-order valence-electron chi connectivity index (χ3n) is 2.02. The molecule has 0 bridgehead atoms. The highest BCUT2D eigenvalue weighted by Gasteiger charge is 2.23. The van der Waals surface area contributed by atoms with Crippen LogP contribution < -0.4 is 0 Å². The summed E-state index contributed by atoms with van der Waals surface area (Å²) in [5.41, 5.74) is 0.490.